The molecule has 3 heteroatoms. The monoisotopic (exact) mass is 253 g/mol. The van der Waals surface area contributed by atoms with Crippen LogP contribution in [0.5, 0.6) is 0 Å². The molecular formula is C16H19N3. The maximum atomic E-state index is 4.71. The third-order valence-electron chi connectivity index (χ3n) is 3.52. The normalized spacial score (nSPS) is 14.4. The van der Waals surface area contributed by atoms with Crippen LogP contribution in [0.4, 0.5) is 5.82 Å². The molecule has 19 heavy (non-hydrogen) atoms. The fourth-order valence-corrected chi connectivity index (χ4v) is 2.25. The number of nitrogens with one attached hydrogen (secondary N) is 1. The second-order valence-electron chi connectivity index (χ2n) is 5.10. The highest BCUT2D eigenvalue weighted by atomic mass is 15.0. The van der Waals surface area contributed by atoms with Crippen molar-refractivity contribution < 1.29 is 0 Å². The molecule has 1 aliphatic carbocycles. The molecule has 0 amide bonds. The van der Waals surface area contributed by atoms with E-state index in [-0.39, 0.29) is 0 Å². The fourth-order valence-electron chi connectivity index (χ4n) is 2.25. The predicted octanol–water partition coefficient (Wildman–Crippen LogP) is 3.18. The molecule has 3 rings (SSSR count). The number of hydrogen-bond acceptors (Lipinski definition) is 3. The van der Waals surface area contributed by atoms with Crippen LogP contribution in [-0.2, 0) is 12.8 Å². The summed E-state index contributed by atoms with van der Waals surface area (Å²) in [6.07, 6.45) is 4.45. The quantitative estimate of drug-likeness (QED) is 0.889. The van der Waals surface area contributed by atoms with Crippen LogP contribution in [0.1, 0.15) is 35.8 Å². The van der Waals surface area contributed by atoms with Crippen LogP contribution < -0.4 is 5.32 Å². The SMILES string of the molecule is CNc1cc(C2CC2)nc(CCc2ccccc2)n1. The highest BCUT2D eigenvalue weighted by molar-refractivity contribution is 5.37. The summed E-state index contributed by atoms with van der Waals surface area (Å²) in [6.45, 7) is 0. The highest BCUT2D eigenvalue weighted by Gasteiger charge is 2.25. The minimum atomic E-state index is 0.672. The van der Waals surface area contributed by atoms with E-state index in [1.165, 1.54) is 24.1 Å². The fraction of sp³-hybridized carbons (Fsp3) is 0.375. The van der Waals surface area contributed by atoms with Crippen molar-refractivity contribution in [3.05, 3.63) is 53.5 Å². The highest BCUT2D eigenvalue weighted by Crippen LogP contribution is 2.39. The van der Waals surface area contributed by atoms with Crippen molar-refractivity contribution in [2.24, 2.45) is 0 Å². The summed E-state index contributed by atoms with van der Waals surface area (Å²) in [7, 11) is 1.92. The Balaban J connectivity index is 1.74. The smallest absolute Gasteiger partial charge is 0.131 e. The van der Waals surface area contributed by atoms with Gasteiger partial charge in [0, 0.05) is 31.1 Å². The third kappa shape index (κ3) is 3.11. The Morgan fingerprint density at radius 1 is 1.11 bits per heavy atom. The van der Waals surface area contributed by atoms with Gasteiger partial charge in [-0.3, -0.25) is 0 Å². The lowest BCUT2D eigenvalue weighted by Crippen LogP contribution is -2.04. The Morgan fingerprint density at radius 2 is 1.89 bits per heavy atom. The molecule has 0 aliphatic heterocycles. The summed E-state index contributed by atoms with van der Waals surface area (Å²) >= 11 is 0. The van der Waals surface area contributed by atoms with E-state index in [2.05, 4.69) is 40.6 Å². The van der Waals surface area contributed by atoms with Crippen LogP contribution in [0.3, 0.4) is 0 Å². The maximum Gasteiger partial charge on any atom is 0.131 e. The number of anilines is 1. The van der Waals surface area contributed by atoms with Gasteiger partial charge in [-0.25, -0.2) is 9.97 Å². The van der Waals surface area contributed by atoms with E-state index < -0.39 is 0 Å². The molecule has 1 aromatic carbocycles. The topological polar surface area (TPSA) is 37.8 Å². The van der Waals surface area contributed by atoms with Crippen LogP contribution in [0.25, 0.3) is 0 Å². The maximum absolute atomic E-state index is 4.71. The zero-order chi connectivity index (χ0) is 13.1. The molecule has 1 N–H and O–H groups in total. The molecule has 0 radical (unpaired) electrons. The van der Waals surface area contributed by atoms with Crippen LogP contribution >= 0.6 is 0 Å². The van der Waals surface area contributed by atoms with Crippen LogP contribution in [0, 0.1) is 0 Å². The number of aromatic nitrogens is 2. The first-order valence-electron chi connectivity index (χ1n) is 6.94. The lowest BCUT2D eigenvalue weighted by molar-refractivity contribution is 0.831. The third-order valence-corrected chi connectivity index (χ3v) is 3.52. The molecule has 0 unspecified atom stereocenters. The van der Waals surface area contributed by atoms with Crippen molar-refractivity contribution >= 4 is 5.82 Å². The van der Waals surface area contributed by atoms with Crippen LogP contribution in [-0.4, -0.2) is 17.0 Å². The van der Waals surface area contributed by atoms with Gasteiger partial charge in [0.05, 0.1) is 0 Å². The standard InChI is InChI=1S/C16H19N3/c1-17-16-11-14(13-8-9-13)18-15(19-16)10-7-12-5-3-2-4-6-12/h2-6,11,13H,7-10H2,1H3,(H,17,18,19). The van der Waals surface area contributed by atoms with Gasteiger partial charge in [-0.05, 0) is 24.8 Å². The summed E-state index contributed by atoms with van der Waals surface area (Å²) in [6, 6.07) is 12.6. The van der Waals surface area contributed by atoms with Crippen LogP contribution in [0.15, 0.2) is 36.4 Å². The van der Waals surface area contributed by atoms with E-state index in [0.29, 0.717) is 5.92 Å². The van der Waals surface area contributed by atoms with Crippen molar-refractivity contribution in [3.63, 3.8) is 0 Å². The molecule has 1 aliphatic rings. The van der Waals surface area contributed by atoms with Gasteiger partial charge in [-0.15, -0.1) is 0 Å². The molecule has 0 saturated heterocycles. The molecular weight excluding hydrogens is 234 g/mol. The van der Waals surface area contributed by atoms with Gasteiger partial charge in [0.15, 0.2) is 0 Å². The van der Waals surface area contributed by atoms with E-state index in [1.807, 2.05) is 13.1 Å². The lowest BCUT2D eigenvalue weighted by atomic mass is 10.1. The summed E-state index contributed by atoms with van der Waals surface area (Å²) < 4.78 is 0. The van der Waals surface area contributed by atoms with Gasteiger partial charge in [0.25, 0.3) is 0 Å². The van der Waals surface area contributed by atoms with E-state index in [0.717, 1.165) is 24.5 Å². The molecule has 1 fully saturated rings. The Bertz CT molecular complexity index is 547. The van der Waals surface area contributed by atoms with Gasteiger partial charge in [-0.1, -0.05) is 30.3 Å². The Morgan fingerprint density at radius 3 is 2.58 bits per heavy atom. The van der Waals surface area contributed by atoms with Crippen molar-refractivity contribution in [1.29, 1.82) is 0 Å². The largest absolute Gasteiger partial charge is 0.373 e. The number of benzene rings is 1. The molecule has 0 atom stereocenters. The zero-order valence-electron chi connectivity index (χ0n) is 11.3. The Kier molecular flexibility index (Phi) is 3.45. The summed E-state index contributed by atoms with van der Waals surface area (Å²) in [5, 5.41) is 3.14. The molecule has 0 bridgehead atoms. The van der Waals surface area contributed by atoms with E-state index in [1.54, 1.807) is 0 Å². The molecule has 3 nitrogen and oxygen atoms in total. The van der Waals surface area contributed by atoms with Crippen molar-refractivity contribution in [1.82, 2.24) is 9.97 Å². The first-order chi connectivity index (χ1) is 9.35. The first kappa shape index (κ1) is 12.2. The number of aryl methyl sites for hydroxylation is 2. The Hall–Kier alpha value is -1.90. The summed E-state index contributed by atoms with van der Waals surface area (Å²) in [5.41, 5.74) is 2.55. The van der Waals surface area contributed by atoms with Crippen molar-refractivity contribution in [3.8, 4) is 0 Å². The average Bonchev–Trinajstić information content (AvgIpc) is 3.30. The molecule has 1 aromatic heterocycles. The van der Waals surface area contributed by atoms with Crippen molar-refractivity contribution in [2.45, 2.75) is 31.6 Å². The summed E-state index contributed by atoms with van der Waals surface area (Å²) in [5.74, 6) is 2.57. The molecule has 2 aromatic rings. The summed E-state index contributed by atoms with van der Waals surface area (Å²) in [4.78, 5) is 9.26. The first-order valence-corrected chi connectivity index (χ1v) is 6.94. The number of hydrogen-bond donors (Lipinski definition) is 1. The zero-order valence-corrected chi connectivity index (χ0v) is 11.3. The van der Waals surface area contributed by atoms with Gasteiger partial charge in [-0.2, -0.15) is 0 Å². The minimum absolute atomic E-state index is 0.672. The van der Waals surface area contributed by atoms with Gasteiger partial charge in [0.2, 0.25) is 0 Å². The molecule has 1 heterocycles. The van der Waals surface area contributed by atoms with Gasteiger partial charge in [0.1, 0.15) is 11.6 Å². The second kappa shape index (κ2) is 5.39. The van der Waals surface area contributed by atoms with E-state index in [4.69, 9.17) is 4.98 Å². The molecule has 1 saturated carbocycles. The van der Waals surface area contributed by atoms with Crippen LogP contribution in [0.2, 0.25) is 0 Å². The second-order valence-corrected chi connectivity index (χ2v) is 5.10. The Labute approximate surface area is 114 Å². The minimum Gasteiger partial charge on any atom is -0.373 e. The lowest BCUT2D eigenvalue weighted by Gasteiger charge is -2.07. The number of rotatable bonds is 5. The van der Waals surface area contributed by atoms with E-state index >= 15 is 0 Å². The van der Waals surface area contributed by atoms with Crippen molar-refractivity contribution in [2.75, 3.05) is 12.4 Å². The molecule has 98 valence electrons. The van der Waals surface area contributed by atoms with Gasteiger partial charge < -0.3 is 5.32 Å². The average molecular weight is 253 g/mol. The number of nitrogens with zero attached hydrogens (tertiary/aromatic N) is 2. The molecule has 0 spiro atoms. The van der Waals surface area contributed by atoms with E-state index in [9.17, 15) is 0 Å². The predicted molar refractivity (Wildman–Crippen MR) is 77.4 cm³/mol. The van der Waals surface area contributed by atoms with Gasteiger partial charge >= 0.3 is 0 Å².